The molecular formula is C17H23N5O3. The van der Waals surface area contributed by atoms with Gasteiger partial charge in [-0.05, 0) is 37.6 Å². The van der Waals surface area contributed by atoms with Crippen molar-refractivity contribution in [2.24, 2.45) is 11.8 Å². The number of nitrogens with zero attached hydrogens (tertiary/aromatic N) is 2. The van der Waals surface area contributed by atoms with E-state index in [0.29, 0.717) is 30.8 Å². The molecule has 4 rings (SSSR count). The van der Waals surface area contributed by atoms with Crippen molar-refractivity contribution in [1.82, 2.24) is 25.5 Å². The second-order valence-corrected chi connectivity index (χ2v) is 7.25. The Morgan fingerprint density at radius 3 is 2.96 bits per heavy atom. The SMILES string of the molecule is O=C(NC[C@H]1[C@@H]2CNC[C@@H](C2)[C@@H]2CCCC(=O)N21)c1c[nH]c(=O)cn1. The van der Waals surface area contributed by atoms with Gasteiger partial charge in [0, 0.05) is 31.7 Å². The molecule has 0 aliphatic carbocycles. The second kappa shape index (κ2) is 6.59. The summed E-state index contributed by atoms with van der Waals surface area (Å²) in [5.41, 5.74) is -0.165. The topological polar surface area (TPSA) is 107 Å². The molecule has 0 aromatic carbocycles. The molecule has 3 N–H and O–H groups in total. The zero-order valence-electron chi connectivity index (χ0n) is 14.0. The first kappa shape index (κ1) is 16.3. The number of aromatic nitrogens is 2. The number of hydrogen-bond acceptors (Lipinski definition) is 5. The highest BCUT2D eigenvalue weighted by Gasteiger charge is 2.47. The van der Waals surface area contributed by atoms with Crippen LogP contribution >= 0.6 is 0 Å². The Bertz CT molecular complexity index is 713. The Morgan fingerprint density at radius 2 is 2.16 bits per heavy atom. The molecule has 3 aliphatic rings. The molecule has 0 spiro atoms. The van der Waals surface area contributed by atoms with Crippen LogP contribution in [0.1, 0.15) is 36.2 Å². The summed E-state index contributed by atoms with van der Waals surface area (Å²) in [7, 11) is 0. The van der Waals surface area contributed by atoms with E-state index >= 15 is 0 Å². The van der Waals surface area contributed by atoms with Gasteiger partial charge < -0.3 is 20.5 Å². The van der Waals surface area contributed by atoms with Crippen LogP contribution in [0.2, 0.25) is 0 Å². The lowest BCUT2D eigenvalue weighted by Gasteiger charge is -2.54. The van der Waals surface area contributed by atoms with E-state index in [4.69, 9.17) is 0 Å². The van der Waals surface area contributed by atoms with E-state index in [1.807, 2.05) is 0 Å². The normalized spacial score (nSPS) is 31.4. The van der Waals surface area contributed by atoms with Gasteiger partial charge in [-0.3, -0.25) is 14.4 Å². The summed E-state index contributed by atoms with van der Waals surface area (Å²) in [6.45, 7) is 2.27. The average molecular weight is 345 g/mol. The van der Waals surface area contributed by atoms with Crippen molar-refractivity contribution < 1.29 is 9.59 Å². The van der Waals surface area contributed by atoms with E-state index in [-0.39, 0.29) is 29.1 Å². The summed E-state index contributed by atoms with van der Waals surface area (Å²) in [6, 6.07) is 0.312. The van der Waals surface area contributed by atoms with Crippen molar-refractivity contribution in [3.05, 3.63) is 28.4 Å². The van der Waals surface area contributed by atoms with Gasteiger partial charge in [-0.25, -0.2) is 4.98 Å². The Kier molecular flexibility index (Phi) is 4.29. The van der Waals surface area contributed by atoms with Gasteiger partial charge in [-0.15, -0.1) is 0 Å². The van der Waals surface area contributed by atoms with Crippen LogP contribution in [0, 0.1) is 11.8 Å². The smallest absolute Gasteiger partial charge is 0.271 e. The summed E-state index contributed by atoms with van der Waals surface area (Å²) in [5.74, 6) is 0.772. The van der Waals surface area contributed by atoms with E-state index in [1.54, 1.807) is 0 Å². The maximum absolute atomic E-state index is 12.6. The van der Waals surface area contributed by atoms with Gasteiger partial charge in [0.2, 0.25) is 5.91 Å². The van der Waals surface area contributed by atoms with Crippen molar-refractivity contribution in [2.75, 3.05) is 19.6 Å². The quantitative estimate of drug-likeness (QED) is 0.684. The molecule has 3 fully saturated rings. The predicted molar refractivity (Wildman–Crippen MR) is 89.9 cm³/mol. The number of carbonyl (C=O) groups is 2. The van der Waals surface area contributed by atoms with Gasteiger partial charge in [-0.2, -0.15) is 0 Å². The van der Waals surface area contributed by atoms with Crippen LogP contribution in [-0.2, 0) is 4.79 Å². The monoisotopic (exact) mass is 345 g/mol. The summed E-state index contributed by atoms with van der Waals surface area (Å²) in [6.07, 6.45) is 6.13. The molecule has 1 aromatic rings. The fourth-order valence-electron chi connectivity index (χ4n) is 4.65. The Morgan fingerprint density at radius 1 is 1.32 bits per heavy atom. The summed E-state index contributed by atoms with van der Waals surface area (Å²) < 4.78 is 0. The Hall–Kier alpha value is -2.22. The molecule has 8 heteroatoms. The first-order valence-electron chi connectivity index (χ1n) is 8.98. The van der Waals surface area contributed by atoms with E-state index in [9.17, 15) is 14.4 Å². The van der Waals surface area contributed by atoms with Crippen molar-refractivity contribution in [2.45, 2.75) is 37.8 Å². The molecule has 134 valence electrons. The van der Waals surface area contributed by atoms with E-state index < -0.39 is 0 Å². The molecule has 2 bridgehead atoms. The van der Waals surface area contributed by atoms with E-state index in [2.05, 4.69) is 25.5 Å². The molecule has 0 unspecified atom stereocenters. The third-order valence-corrected chi connectivity index (χ3v) is 5.78. The van der Waals surface area contributed by atoms with Crippen LogP contribution in [0.25, 0.3) is 0 Å². The summed E-state index contributed by atoms with van der Waals surface area (Å²) in [4.78, 5) is 44.3. The van der Waals surface area contributed by atoms with Crippen molar-refractivity contribution in [1.29, 1.82) is 0 Å². The number of H-pyrrole nitrogens is 1. The number of nitrogens with one attached hydrogen (secondary N) is 3. The largest absolute Gasteiger partial charge is 0.349 e. The first-order valence-corrected chi connectivity index (χ1v) is 8.98. The lowest BCUT2D eigenvalue weighted by Crippen LogP contribution is -2.66. The van der Waals surface area contributed by atoms with Gasteiger partial charge >= 0.3 is 0 Å². The van der Waals surface area contributed by atoms with E-state index in [1.165, 1.54) is 6.20 Å². The van der Waals surface area contributed by atoms with Crippen molar-refractivity contribution >= 4 is 11.8 Å². The number of aromatic amines is 1. The maximum Gasteiger partial charge on any atom is 0.271 e. The standard InChI is InChI=1S/C17H23N5O3/c23-15-9-19-12(7-20-15)17(25)21-8-14-11-4-10(5-18-6-11)13-2-1-3-16(24)22(13)14/h7,9-11,13-14,18H,1-6,8H2,(H,20,23)(H,21,25)/t10-,11+,13+,14+/m1/s1. The Labute approximate surface area is 145 Å². The molecule has 25 heavy (non-hydrogen) atoms. The van der Waals surface area contributed by atoms with Crippen LogP contribution in [0.3, 0.4) is 0 Å². The molecule has 2 amide bonds. The molecule has 0 saturated carbocycles. The highest BCUT2D eigenvalue weighted by Crippen LogP contribution is 2.39. The lowest BCUT2D eigenvalue weighted by atomic mass is 9.72. The van der Waals surface area contributed by atoms with Crippen LogP contribution in [0.4, 0.5) is 0 Å². The zero-order valence-corrected chi connectivity index (χ0v) is 14.0. The molecular weight excluding hydrogens is 322 g/mol. The lowest BCUT2D eigenvalue weighted by molar-refractivity contribution is -0.148. The van der Waals surface area contributed by atoms with Gasteiger partial charge in [0.25, 0.3) is 11.5 Å². The van der Waals surface area contributed by atoms with Gasteiger partial charge in [0.15, 0.2) is 0 Å². The van der Waals surface area contributed by atoms with E-state index in [0.717, 1.165) is 38.5 Å². The predicted octanol–water partition coefficient (Wildman–Crippen LogP) is -0.511. The number of rotatable bonds is 3. The first-order chi connectivity index (χ1) is 12.1. The third-order valence-electron chi connectivity index (χ3n) is 5.78. The third kappa shape index (κ3) is 3.06. The van der Waals surface area contributed by atoms with Crippen LogP contribution in [0.15, 0.2) is 17.2 Å². The Balaban J connectivity index is 1.49. The molecule has 3 saturated heterocycles. The summed E-state index contributed by atoms with van der Waals surface area (Å²) in [5, 5.41) is 6.39. The average Bonchev–Trinajstić information content (AvgIpc) is 2.63. The second-order valence-electron chi connectivity index (χ2n) is 7.25. The fraction of sp³-hybridized carbons (Fsp3) is 0.647. The van der Waals surface area contributed by atoms with Gasteiger partial charge in [-0.1, -0.05) is 0 Å². The molecule has 4 atom stereocenters. The van der Waals surface area contributed by atoms with Crippen molar-refractivity contribution in [3.63, 3.8) is 0 Å². The number of hydrogen-bond donors (Lipinski definition) is 3. The minimum atomic E-state index is -0.343. The zero-order chi connectivity index (χ0) is 17.4. The number of carbonyl (C=O) groups excluding carboxylic acids is 2. The fourth-order valence-corrected chi connectivity index (χ4v) is 4.65. The number of amides is 2. The minimum Gasteiger partial charge on any atom is -0.349 e. The summed E-state index contributed by atoms with van der Waals surface area (Å²) >= 11 is 0. The van der Waals surface area contributed by atoms with Crippen LogP contribution in [-0.4, -0.2) is 58.4 Å². The maximum atomic E-state index is 12.6. The highest BCUT2D eigenvalue weighted by molar-refractivity contribution is 5.91. The van der Waals surface area contributed by atoms with Crippen LogP contribution in [0.5, 0.6) is 0 Å². The molecule has 3 aliphatic heterocycles. The van der Waals surface area contributed by atoms with Crippen LogP contribution < -0.4 is 16.2 Å². The van der Waals surface area contributed by atoms with Crippen molar-refractivity contribution in [3.8, 4) is 0 Å². The molecule has 8 nitrogen and oxygen atoms in total. The number of fused-ring (bicyclic) bond motifs is 4. The minimum absolute atomic E-state index is 0.0218. The highest BCUT2D eigenvalue weighted by atomic mass is 16.2. The molecule has 0 radical (unpaired) electrons. The van der Waals surface area contributed by atoms with Gasteiger partial charge in [0.1, 0.15) is 5.69 Å². The molecule has 4 heterocycles. The molecule has 1 aromatic heterocycles. The van der Waals surface area contributed by atoms with Gasteiger partial charge in [0.05, 0.1) is 12.2 Å². The number of piperidine rings is 3.